The normalized spacial score (nSPS) is 17.1. The van der Waals surface area contributed by atoms with Gasteiger partial charge in [0.2, 0.25) is 0 Å². The predicted octanol–water partition coefficient (Wildman–Crippen LogP) is 5.08. The molecule has 0 bridgehead atoms. The number of imidazole rings is 1. The van der Waals surface area contributed by atoms with Gasteiger partial charge in [0.15, 0.2) is 0 Å². The highest BCUT2D eigenvalue weighted by molar-refractivity contribution is 5.55. The number of benzene rings is 1. The molecule has 1 fully saturated rings. The number of nitrogens with zero attached hydrogens (tertiary/aromatic N) is 1. The van der Waals surface area contributed by atoms with Crippen molar-refractivity contribution in [2.24, 2.45) is 0 Å². The summed E-state index contributed by atoms with van der Waals surface area (Å²) in [5, 5.41) is 0. The molecule has 2 heteroatoms. The zero-order chi connectivity index (χ0) is 13.8. The Bertz CT molecular complexity index is 534. The minimum Gasteiger partial charge on any atom is -0.342 e. The lowest BCUT2D eigenvalue weighted by Gasteiger charge is -2.12. The first kappa shape index (κ1) is 13.4. The second-order valence-corrected chi connectivity index (χ2v) is 5.86. The summed E-state index contributed by atoms with van der Waals surface area (Å²) in [5.74, 6) is 1.71. The predicted molar refractivity (Wildman–Crippen MR) is 83.8 cm³/mol. The fourth-order valence-corrected chi connectivity index (χ4v) is 3.32. The first-order valence-corrected chi connectivity index (χ1v) is 8.02. The van der Waals surface area contributed by atoms with Crippen LogP contribution in [0.2, 0.25) is 0 Å². The van der Waals surface area contributed by atoms with E-state index in [-0.39, 0.29) is 0 Å². The molecule has 1 N–H and O–H groups in total. The molecule has 1 aliphatic rings. The maximum atomic E-state index is 4.96. The topological polar surface area (TPSA) is 28.7 Å². The van der Waals surface area contributed by atoms with Crippen LogP contribution in [-0.2, 0) is 6.42 Å². The van der Waals surface area contributed by atoms with Gasteiger partial charge < -0.3 is 4.98 Å². The van der Waals surface area contributed by atoms with Crippen LogP contribution in [0.3, 0.4) is 0 Å². The van der Waals surface area contributed by atoms with Gasteiger partial charge in [0, 0.05) is 17.2 Å². The summed E-state index contributed by atoms with van der Waals surface area (Å²) < 4.78 is 0. The summed E-state index contributed by atoms with van der Waals surface area (Å²) >= 11 is 0. The van der Waals surface area contributed by atoms with Crippen molar-refractivity contribution < 1.29 is 0 Å². The first-order valence-electron chi connectivity index (χ1n) is 8.02. The molecule has 20 heavy (non-hydrogen) atoms. The molecule has 1 aromatic carbocycles. The summed E-state index contributed by atoms with van der Waals surface area (Å²) in [6, 6.07) is 10.5. The Labute approximate surface area is 121 Å². The lowest BCUT2D eigenvalue weighted by molar-refractivity contribution is 0.575. The van der Waals surface area contributed by atoms with E-state index in [1.54, 1.807) is 0 Å². The highest BCUT2D eigenvalue weighted by Gasteiger charge is 2.21. The molecule has 1 aromatic heterocycles. The average molecular weight is 268 g/mol. The van der Waals surface area contributed by atoms with E-state index in [1.807, 2.05) is 0 Å². The Hall–Kier alpha value is -1.57. The first-order chi connectivity index (χ1) is 9.88. The SMILES string of the molecule is CCc1[nH]c(-c2ccccc2)nc1C1CCCCCC1. The minimum atomic E-state index is 0.668. The summed E-state index contributed by atoms with van der Waals surface area (Å²) in [6.45, 7) is 2.22. The number of hydrogen-bond donors (Lipinski definition) is 1. The third-order valence-electron chi connectivity index (χ3n) is 4.45. The number of aryl methyl sites for hydroxylation is 1. The van der Waals surface area contributed by atoms with Gasteiger partial charge in [-0.1, -0.05) is 62.9 Å². The number of H-pyrrole nitrogens is 1. The maximum Gasteiger partial charge on any atom is 0.137 e. The van der Waals surface area contributed by atoms with Gasteiger partial charge in [0.1, 0.15) is 5.82 Å². The van der Waals surface area contributed by atoms with Crippen LogP contribution >= 0.6 is 0 Å². The molecule has 106 valence electrons. The van der Waals surface area contributed by atoms with Crippen molar-refractivity contribution >= 4 is 0 Å². The third kappa shape index (κ3) is 2.79. The van der Waals surface area contributed by atoms with E-state index in [0.29, 0.717) is 5.92 Å². The molecule has 1 aliphatic carbocycles. The smallest absolute Gasteiger partial charge is 0.137 e. The van der Waals surface area contributed by atoms with Gasteiger partial charge in [0.05, 0.1) is 5.69 Å². The van der Waals surface area contributed by atoms with Crippen LogP contribution in [0.5, 0.6) is 0 Å². The van der Waals surface area contributed by atoms with Gasteiger partial charge in [-0.15, -0.1) is 0 Å². The van der Waals surface area contributed by atoms with E-state index in [1.165, 1.54) is 55.5 Å². The quantitative estimate of drug-likeness (QED) is 0.773. The zero-order valence-corrected chi connectivity index (χ0v) is 12.4. The average Bonchev–Trinajstić information content (AvgIpc) is 2.75. The monoisotopic (exact) mass is 268 g/mol. The number of nitrogens with one attached hydrogen (secondary N) is 1. The zero-order valence-electron chi connectivity index (χ0n) is 12.4. The van der Waals surface area contributed by atoms with E-state index in [9.17, 15) is 0 Å². The van der Waals surface area contributed by atoms with Crippen LogP contribution in [0.1, 0.15) is 62.8 Å². The third-order valence-corrected chi connectivity index (χ3v) is 4.45. The van der Waals surface area contributed by atoms with E-state index in [0.717, 1.165) is 12.2 Å². The van der Waals surface area contributed by atoms with E-state index >= 15 is 0 Å². The van der Waals surface area contributed by atoms with Gasteiger partial charge in [-0.25, -0.2) is 4.98 Å². The summed E-state index contributed by atoms with van der Waals surface area (Å²) in [7, 11) is 0. The molecule has 0 radical (unpaired) electrons. The number of aromatic nitrogens is 2. The molecule has 0 atom stereocenters. The van der Waals surface area contributed by atoms with Crippen LogP contribution in [0.15, 0.2) is 30.3 Å². The van der Waals surface area contributed by atoms with E-state index < -0.39 is 0 Å². The molecule has 0 amide bonds. The molecule has 3 rings (SSSR count). The number of hydrogen-bond acceptors (Lipinski definition) is 1. The summed E-state index contributed by atoms with van der Waals surface area (Å²) in [6.07, 6.45) is 9.19. The highest BCUT2D eigenvalue weighted by atomic mass is 14.9. The van der Waals surface area contributed by atoms with Gasteiger partial charge in [-0.2, -0.15) is 0 Å². The number of aromatic amines is 1. The molecular weight excluding hydrogens is 244 g/mol. The Morgan fingerprint density at radius 1 is 1.05 bits per heavy atom. The van der Waals surface area contributed by atoms with Crippen LogP contribution in [0, 0.1) is 0 Å². The van der Waals surface area contributed by atoms with Crippen LogP contribution in [-0.4, -0.2) is 9.97 Å². The molecule has 2 nitrogen and oxygen atoms in total. The van der Waals surface area contributed by atoms with Crippen molar-refractivity contribution in [1.29, 1.82) is 0 Å². The molecule has 0 aliphatic heterocycles. The molecule has 1 heterocycles. The molecule has 0 unspecified atom stereocenters. The Balaban J connectivity index is 1.92. The van der Waals surface area contributed by atoms with Gasteiger partial charge in [0.25, 0.3) is 0 Å². The van der Waals surface area contributed by atoms with Crippen molar-refractivity contribution in [3.8, 4) is 11.4 Å². The Morgan fingerprint density at radius 3 is 2.40 bits per heavy atom. The van der Waals surface area contributed by atoms with E-state index in [4.69, 9.17) is 4.98 Å². The standard InChI is InChI=1S/C18H24N2/c1-2-16-17(14-10-6-3-4-7-11-14)20-18(19-16)15-12-8-5-9-13-15/h5,8-9,12-14H,2-4,6-7,10-11H2,1H3,(H,19,20). The van der Waals surface area contributed by atoms with Crippen molar-refractivity contribution in [2.45, 2.75) is 57.8 Å². The Kier molecular flexibility index (Phi) is 4.19. The molecule has 0 spiro atoms. The summed E-state index contributed by atoms with van der Waals surface area (Å²) in [5.41, 5.74) is 3.88. The van der Waals surface area contributed by atoms with Gasteiger partial charge >= 0.3 is 0 Å². The lowest BCUT2D eigenvalue weighted by Crippen LogP contribution is -2.01. The molecule has 1 saturated carbocycles. The van der Waals surface area contributed by atoms with Crippen molar-refractivity contribution in [3.05, 3.63) is 41.7 Å². The lowest BCUT2D eigenvalue weighted by atomic mass is 9.95. The van der Waals surface area contributed by atoms with Crippen molar-refractivity contribution in [1.82, 2.24) is 9.97 Å². The van der Waals surface area contributed by atoms with Crippen LogP contribution < -0.4 is 0 Å². The Morgan fingerprint density at radius 2 is 1.75 bits per heavy atom. The van der Waals surface area contributed by atoms with Crippen LogP contribution in [0.25, 0.3) is 11.4 Å². The van der Waals surface area contributed by atoms with Crippen molar-refractivity contribution in [3.63, 3.8) is 0 Å². The summed E-state index contributed by atoms with van der Waals surface area (Å²) in [4.78, 5) is 8.52. The molecular formula is C18H24N2. The largest absolute Gasteiger partial charge is 0.342 e. The van der Waals surface area contributed by atoms with Gasteiger partial charge in [-0.05, 0) is 19.3 Å². The van der Waals surface area contributed by atoms with Crippen LogP contribution in [0.4, 0.5) is 0 Å². The fraction of sp³-hybridized carbons (Fsp3) is 0.500. The second kappa shape index (κ2) is 6.25. The van der Waals surface area contributed by atoms with Crippen molar-refractivity contribution in [2.75, 3.05) is 0 Å². The van der Waals surface area contributed by atoms with Gasteiger partial charge in [-0.3, -0.25) is 0 Å². The van der Waals surface area contributed by atoms with E-state index in [2.05, 4.69) is 42.2 Å². The maximum absolute atomic E-state index is 4.96. The molecule has 0 saturated heterocycles. The number of rotatable bonds is 3. The highest BCUT2D eigenvalue weighted by Crippen LogP contribution is 2.33. The fourth-order valence-electron chi connectivity index (χ4n) is 3.32. The second-order valence-electron chi connectivity index (χ2n) is 5.86. The molecule has 2 aromatic rings. The minimum absolute atomic E-state index is 0.668.